The Balaban J connectivity index is 1.59. The Morgan fingerprint density at radius 3 is 2.68 bits per heavy atom. The maximum Gasteiger partial charge on any atom is 0.335 e. The van der Waals surface area contributed by atoms with Crippen LogP contribution in [0.1, 0.15) is 22.5 Å². The minimum absolute atomic E-state index is 0.0668. The molecule has 0 saturated heterocycles. The number of rotatable bonds is 8. The number of carbonyl (C=O) groups is 2. The second kappa shape index (κ2) is 7.75. The van der Waals surface area contributed by atoms with E-state index >= 15 is 0 Å². The fourth-order valence-electron chi connectivity index (χ4n) is 2.11. The molecule has 9 heteroatoms. The monoisotopic (exact) mass is 358 g/mol. The number of aromatic carboxylic acids is 1. The van der Waals surface area contributed by atoms with Crippen LogP contribution in [0.15, 0.2) is 52.2 Å². The van der Waals surface area contributed by atoms with E-state index in [1.165, 1.54) is 28.6 Å². The van der Waals surface area contributed by atoms with Crippen LogP contribution in [0.4, 0.5) is 0 Å². The van der Waals surface area contributed by atoms with E-state index in [9.17, 15) is 9.59 Å². The molecule has 0 aliphatic heterocycles. The van der Waals surface area contributed by atoms with E-state index < -0.39 is 5.97 Å². The van der Waals surface area contributed by atoms with Crippen molar-refractivity contribution in [2.75, 3.05) is 5.75 Å². The van der Waals surface area contributed by atoms with Gasteiger partial charge in [0.05, 0.1) is 23.3 Å². The SMILES string of the molecule is O=C(CCc1ccco1)CSc1nnnn1-c1ccc(C(=O)O)cc1. The van der Waals surface area contributed by atoms with Gasteiger partial charge in [-0.15, -0.1) is 5.10 Å². The predicted octanol–water partition coefficient (Wildman–Crippen LogP) is 2.25. The third-order valence-electron chi connectivity index (χ3n) is 3.39. The van der Waals surface area contributed by atoms with Gasteiger partial charge in [-0.1, -0.05) is 11.8 Å². The van der Waals surface area contributed by atoms with Crippen LogP contribution in [0.3, 0.4) is 0 Å². The lowest BCUT2D eigenvalue weighted by Crippen LogP contribution is -2.05. The average molecular weight is 358 g/mol. The molecule has 2 heterocycles. The molecule has 0 saturated carbocycles. The molecular weight excluding hydrogens is 344 g/mol. The zero-order valence-corrected chi connectivity index (χ0v) is 13.8. The average Bonchev–Trinajstić information content (AvgIpc) is 3.29. The highest BCUT2D eigenvalue weighted by Gasteiger charge is 2.13. The van der Waals surface area contributed by atoms with Crippen LogP contribution in [-0.4, -0.2) is 42.8 Å². The largest absolute Gasteiger partial charge is 0.478 e. The number of tetrazole rings is 1. The number of aromatic nitrogens is 4. The summed E-state index contributed by atoms with van der Waals surface area (Å²) in [6.07, 6.45) is 2.53. The number of carboxylic acids is 1. The van der Waals surface area contributed by atoms with E-state index in [4.69, 9.17) is 9.52 Å². The van der Waals surface area contributed by atoms with Gasteiger partial charge in [-0.05, 0) is 46.8 Å². The maximum atomic E-state index is 12.0. The van der Waals surface area contributed by atoms with Gasteiger partial charge >= 0.3 is 5.97 Å². The second-order valence-electron chi connectivity index (χ2n) is 5.13. The first-order valence-corrected chi connectivity index (χ1v) is 8.41. The topological polar surface area (TPSA) is 111 Å². The molecule has 8 nitrogen and oxygen atoms in total. The maximum absolute atomic E-state index is 12.0. The number of nitrogens with zero attached hydrogens (tertiary/aromatic N) is 4. The van der Waals surface area contributed by atoms with Crippen LogP contribution in [0.25, 0.3) is 5.69 Å². The fraction of sp³-hybridized carbons (Fsp3) is 0.188. The molecular formula is C16H14N4O4S. The summed E-state index contributed by atoms with van der Waals surface area (Å²) in [4.78, 5) is 22.9. The van der Waals surface area contributed by atoms with Gasteiger partial charge in [0.2, 0.25) is 5.16 Å². The highest BCUT2D eigenvalue weighted by molar-refractivity contribution is 7.99. The Hall–Kier alpha value is -2.94. The number of furan rings is 1. The number of hydrogen-bond acceptors (Lipinski definition) is 7. The van der Waals surface area contributed by atoms with Crippen molar-refractivity contribution in [3.05, 3.63) is 54.0 Å². The normalized spacial score (nSPS) is 10.7. The molecule has 3 aromatic rings. The lowest BCUT2D eigenvalue weighted by Gasteiger charge is -2.04. The molecule has 0 amide bonds. The highest BCUT2D eigenvalue weighted by atomic mass is 32.2. The number of benzene rings is 1. The summed E-state index contributed by atoms with van der Waals surface area (Å²) in [6, 6.07) is 9.80. The highest BCUT2D eigenvalue weighted by Crippen LogP contribution is 2.19. The molecule has 3 rings (SSSR count). The Bertz CT molecular complexity index is 859. The van der Waals surface area contributed by atoms with Crippen LogP contribution < -0.4 is 0 Å². The van der Waals surface area contributed by atoms with Crippen LogP contribution in [-0.2, 0) is 11.2 Å². The van der Waals surface area contributed by atoms with Gasteiger partial charge in [0, 0.05) is 12.8 Å². The van der Waals surface area contributed by atoms with Crippen LogP contribution in [0.2, 0.25) is 0 Å². The summed E-state index contributed by atoms with van der Waals surface area (Å²) in [7, 11) is 0. The van der Waals surface area contributed by atoms with Gasteiger partial charge in [0.25, 0.3) is 0 Å². The Morgan fingerprint density at radius 1 is 1.20 bits per heavy atom. The lowest BCUT2D eigenvalue weighted by atomic mass is 10.2. The van der Waals surface area contributed by atoms with Gasteiger partial charge in [0.15, 0.2) is 0 Å². The molecule has 0 radical (unpaired) electrons. The van der Waals surface area contributed by atoms with Gasteiger partial charge in [-0.3, -0.25) is 4.79 Å². The van der Waals surface area contributed by atoms with E-state index in [0.29, 0.717) is 23.7 Å². The molecule has 128 valence electrons. The van der Waals surface area contributed by atoms with Gasteiger partial charge in [0.1, 0.15) is 11.5 Å². The van der Waals surface area contributed by atoms with Crippen molar-refractivity contribution in [1.82, 2.24) is 20.2 Å². The van der Waals surface area contributed by atoms with E-state index in [0.717, 1.165) is 5.76 Å². The number of carbonyl (C=O) groups excluding carboxylic acids is 1. The Labute approximate surface area is 146 Å². The van der Waals surface area contributed by atoms with Crippen molar-refractivity contribution in [3.8, 4) is 5.69 Å². The van der Waals surface area contributed by atoms with Crippen molar-refractivity contribution in [2.24, 2.45) is 0 Å². The summed E-state index contributed by atoms with van der Waals surface area (Å²) >= 11 is 1.23. The summed E-state index contributed by atoms with van der Waals surface area (Å²) in [6.45, 7) is 0. The molecule has 2 aromatic heterocycles. The third kappa shape index (κ3) is 4.32. The quantitative estimate of drug-likeness (QED) is 0.610. The molecule has 25 heavy (non-hydrogen) atoms. The number of hydrogen-bond donors (Lipinski definition) is 1. The minimum Gasteiger partial charge on any atom is -0.478 e. The fourth-order valence-corrected chi connectivity index (χ4v) is 2.90. The van der Waals surface area contributed by atoms with Crippen molar-refractivity contribution in [3.63, 3.8) is 0 Å². The first-order chi connectivity index (χ1) is 12.1. The minimum atomic E-state index is -1.000. The van der Waals surface area contributed by atoms with Gasteiger partial charge in [-0.25, -0.2) is 4.79 Å². The van der Waals surface area contributed by atoms with Crippen molar-refractivity contribution in [2.45, 2.75) is 18.0 Å². The summed E-state index contributed by atoms with van der Waals surface area (Å²) in [5.74, 6) is 0.0905. The van der Waals surface area contributed by atoms with Crippen LogP contribution in [0.5, 0.6) is 0 Å². The zero-order chi connectivity index (χ0) is 17.6. The van der Waals surface area contributed by atoms with Gasteiger partial charge < -0.3 is 9.52 Å². The molecule has 0 unspecified atom stereocenters. The van der Waals surface area contributed by atoms with Gasteiger partial charge in [-0.2, -0.15) is 4.68 Å². The summed E-state index contributed by atoms with van der Waals surface area (Å²) in [5, 5.41) is 20.8. The molecule has 0 aliphatic rings. The molecule has 0 bridgehead atoms. The predicted molar refractivity (Wildman–Crippen MR) is 88.9 cm³/mol. The first kappa shape index (κ1) is 16.9. The number of thioether (sulfide) groups is 1. The summed E-state index contributed by atoms with van der Waals surface area (Å²) in [5.41, 5.74) is 0.805. The second-order valence-corrected chi connectivity index (χ2v) is 6.07. The van der Waals surface area contributed by atoms with E-state index in [1.54, 1.807) is 24.5 Å². The number of aryl methyl sites for hydroxylation is 1. The standard InChI is InChI=1S/C16H14N4O4S/c21-13(7-8-14-2-1-9-24-14)10-25-16-17-18-19-20(16)12-5-3-11(4-6-12)15(22)23/h1-6,9H,7-8,10H2,(H,22,23). The Morgan fingerprint density at radius 2 is 2.00 bits per heavy atom. The zero-order valence-electron chi connectivity index (χ0n) is 13.0. The Kier molecular flexibility index (Phi) is 5.24. The third-order valence-corrected chi connectivity index (χ3v) is 4.37. The molecule has 0 aliphatic carbocycles. The van der Waals surface area contributed by atoms with E-state index in [2.05, 4.69) is 15.5 Å². The molecule has 0 fully saturated rings. The first-order valence-electron chi connectivity index (χ1n) is 7.42. The number of Topliss-reactive ketones (excluding diaryl/α,β-unsaturated/α-hetero) is 1. The number of ketones is 1. The van der Waals surface area contributed by atoms with Crippen LogP contribution in [0, 0.1) is 0 Å². The molecule has 1 aromatic carbocycles. The molecule has 0 atom stereocenters. The lowest BCUT2D eigenvalue weighted by molar-refractivity contribution is -0.116. The molecule has 1 N–H and O–H groups in total. The molecule has 0 spiro atoms. The van der Waals surface area contributed by atoms with E-state index in [-0.39, 0.29) is 17.1 Å². The summed E-state index contributed by atoms with van der Waals surface area (Å²) < 4.78 is 6.67. The smallest absolute Gasteiger partial charge is 0.335 e. The number of carboxylic acid groups (broad SMARTS) is 1. The van der Waals surface area contributed by atoms with Crippen LogP contribution >= 0.6 is 11.8 Å². The van der Waals surface area contributed by atoms with Crippen molar-refractivity contribution in [1.29, 1.82) is 0 Å². The van der Waals surface area contributed by atoms with E-state index in [1.807, 2.05) is 6.07 Å². The van der Waals surface area contributed by atoms with Crippen molar-refractivity contribution >= 4 is 23.5 Å². The van der Waals surface area contributed by atoms with Crippen molar-refractivity contribution < 1.29 is 19.1 Å².